The highest BCUT2D eigenvalue weighted by atomic mass is 16.5. The lowest BCUT2D eigenvalue weighted by atomic mass is 10.0. The van der Waals surface area contributed by atoms with E-state index in [1.54, 1.807) is 7.11 Å². The maximum Gasteiger partial charge on any atom is 0.240 e. The number of fused-ring (bicyclic) bond motifs is 1. The molecule has 1 saturated heterocycles. The van der Waals surface area contributed by atoms with Crippen LogP contribution < -0.4 is 0 Å². The third kappa shape index (κ3) is 2.98. The number of likely N-dealkylation sites (tertiary alicyclic amines) is 1. The van der Waals surface area contributed by atoms with Crippen LogP contribution in [0.15, 0.2) is 4.52 Å². The number of aromatic amines is 1. The predicted molar refractivity (Wildman–Crippen MR) is 87.3 cm³/mol. The summed E-state index contributed by atoms with van der Waals surface area (Å²) < 4.78 is 10.6. The molecule has 2 aromatic rings. The van der Waals surface area contributed by atoms with Crippen LogP contribution in [-0.2, 0) is 24.1 Å². The van der Waals surface area contributed by atoms with Gasteiger partial charge in [0.1, 0.15) is 11.9 Å². The maximum absolute atomic E-state index is 5.40. The van der Waals surface area contributed by atoms with Crippen molar-refractivity contribution in [1.82, 2.24) is 25.0 Å². The summed E-state index contributed by atoms with van der Waals surface area (Å²) in [7, 11) is 1.65. The number of imidazole rings is 1. The van der Waals surface area contributed by atoms with Gasteiger partial charge in [0, 0.05) is 12.8 Å². The molecule has 2 aromatic heterocycles. The second kappa shape index (κ2) is 6.64. The topological polar surface area (TPSA) is 80.1 Å². The molecule has 24 heavy (non-hydrogen) atoms. The number of hydrogen-bond acceptors (Lipinski definition) is 6. The Morgan fingerprint density at radius 2 is 2.17 bits per heavy atom. The summed E-state index contributed by atoms with van der Waals surface area (Å²) in [5.74, 6) is 2.37. The normalized spacial score (nSPS) is 22.7. The van der Waals surface area contributed by atoms with Crippen molar-refractivity contribution in [3.05, 3.63) is 28.9 Å². The van der Waals surface area contributed by atoms with Gasteiger partial charge < -0.3 is 14.2 Å². The Morgan fingerprint density at radius 1 is 1.29 bits per heavy atom. The van der Waals surface area contributed by atoms with E-state index < -0.39 is 0 Å². The number of ether oxygens (including phenoxy) is 1. The van der Waals surface area contributed by atoms with Crippen LogP contribution >= 0.6 is 0 Å². The van der Waals surface area contributed by atoms with E-state index in [4.69, 9.17) is 14.2 Å². The van der Waals surface area contributed by atoms with Gasteiger partial charge in [-0.3, -0.25) is 4.90 Å². The molecule has 0 unspecified atom stereocenters. The molecule has 0 aromatic carbocycles. The fourth-order valence-corrected chi connectivity index (χ4v) is 3.73. The van der Waals surface area contributed by atoms with Crippen molar-refractivity contribution in [1.29, 1.82) is 0 Å². The molecule has 7 heteroatoms. The standard InChI is InChI=1S/C17H25N5O2/c1-11(23-2)16-20-15(24-21-16)10-22-9-5-8-14(22)17-18-12-6-3-4-7-13(12)19-17/h11,14H,3-10H2,1-2H3,(H,18,19)/t11-,14+/m1/s1. The Labute approximate surface area is 141 Å². The third-order valence-electron chi connectivity index (χ3n) is 5.19. The van der Waals surface area contributed by atoms with Gasteiger partial charge in [-0.05, 0) is 52.0 Å². The molecule has 7 nitrogen and oxygen atoms in total. The first-order valence-corrected chi connectivity index (χ1v) is 8.91. The fraction of sp³-hybridized carbons (Fsp3) is 0.706. The number of methoxy groups -OCH3 is 1. The number of H-pyrrole nitrogens is 1. The first-order valence-electron chi connectivity index (χ1n) is 8.91. The van der Waals surface area contributed by atoms with Crippen molar-refractivity contribution in [2.45, 2.75) is 64.1 Å². The van der Waals surface area contributed by atoms with Gasteiger partial charge in [0.2, 0.25) is 5.89 Å². The summed E-state index contributed by atoms with van der Waals surface area (Å²) in [6, 6.07) is 0.325. The van der Waals surface area contributed by atoms with Crippen molar-refractivity contribution in [3.63, 3.8) is 0 Å². The average Bonchev–Trinajstić information content (AvgIpc) is 3.33. The zero-order valence-electron chi connectivity index (χ0n) is 14.4. The third-order valence-corrected chi connectivity index (χ3v) is 5.19. The zero-order valence-corrected chi connectivity index (χ0v) is 14.4. The number of rotatable bonds is 5. The number of nitrogens with one attached hydrogen (secondary N) is 1. The average molecular weight is 331 g/mol. The predicted octanol–water partition coefficient (Wildman–Crippen LogP) is 2.72. The molecule has 0 radical (unpaired) electrons. The van der Waals surface area contributed by atoms with Crippen LogP contribution in [0.3, 0.4) is 0 Å². The lowest BCUT2D eigenvalue weighted by Crippen LogP contribution is -2.23. The van der Waals surface area contributed by atoms with Gasteiger partial charge in [-0.1, -0.05) is 5.16 Å². The second-order valence-electron chi connectivity index (χ2n) is 6.81. The molecule has 1 N–H and O–H groups in total. The minimum Gasteiger partial charge on any atom is -0.374 e. The Bertz CT molecular complexity index is 671. The van der Waals surface area contributed by atoms with Gasteiger partial charge >= 0.3 is 0 Å². The van der Waals surface area contributed by atoms with Crippen molar-refractivity contribution < 1.29 is 9.26 Å². The van der Waals surface area contributed by atoms with E-state index in [2.05, 4.69) is 20.0 Å². The van der Waals surface area contributed by atoms with Gasteiger partial charge in [-0.15, -0.1) is 0 Å². The first kappa shape index (κ1) is 15.8. The number of aromatic nitrogens is 4. The molecular weight excluding hydrogens is 306 g/mol. The van der Waals surface area contributed by atoms with Crippen molar-refractivity contribution in [3.8, 4) is 0 Å². The smallest absolute Gasteiger partial charge is 0.240 e. The highest BCUT2D eigenvalue weighted by Gasteiger charge is 2.31. The van der Waals surface area contributed by atoms with E-state index in [1.165, 1.54) is 30.7 Å². The lowest BCUT2D eigenvalue weighted by molar-refractivity contribution is 0.109. The summed E-state index contributed by atoms with van der Waals surface area (Å²) in [4.78, 5) is 15.3. The first-order chi connectivity index (χ1) is 11.7. The molecule has 3 heterocycles. The monoisotopic (exact) mass is 331 g/mol. The molecule has 0 spiro atoms. The maximum atomic E-state index is 5.40. The molecule has 0 amide bonds. The largest absolute Gasteiger partial charge is 0.374 e. The van der Waals surface area contributed by atoms with E-state index in [0.717, 1.165) is 31.6 Å². The lowest BCUT2D eigenvalue weighted by Gasteiger charge is -2.20. The molecule has 4 rings (SSSR count). The van der Waals surface area contributed by atoms with Gasteiger partial charge in [0.05, 0.1) is 18.3 Å². The molecule has 0 saturated carbocycles. The van der Waals surface area contributed by atoms with E-state index in [9.17, 15) is 0 Å². The molecule has 1 aliphatic heterocycles. The van der Waals surface area contributed by atoms with E-state index in [-0.39, 0.29) is 6.10 Å². The molecule has 1 aliphatic carbocycles. The van der Waals surface area contributed by atoms with Crippen LogP contribution in [0.2, 0.25) is 0 Å². The van der Waals surface area contributed by atoms with E-state index >= 15 is 0 Å². The quantitative estimate of drug-likeness (QED) is 0.907. The highest BCUT2D eigenvalue weighted by molar-refractivity contribution is 5.19. The summed E-state index contributed by atoms with van der Waals surface area (Å²) in [6.07, 6.45) is 6.93. The van der Waals surface area contributed by atoms with Crippen molar-refractivity contribution in [2.75, 3.05) is 13.7 Å². The Kier molecular flexibility index (Phi) is 4.37. The zero-order chi connectivity index (χ0) is 16.5. The number of aryl methyl sites for hydroxylation is 2. The van der Waals surface area contributed by atoms with E-state index in [1.807, 2.05) is 6.92 Å². The van der Waals surface area contributed by atoms with Gasteiger partial charge in [0.25, 0.3) is 0 Å². The van der Waals surface area contributed by atoms with Crippen molar-refractivity contribution >= 4 is 0 Å². The summed E-state index contributed by atoms with van der Waals surface area (Å²) >= 11 is 0. The van der Waals surface area contributed by atoms with Crippen LogP contribution in [0.5, 0.6) is 0 Å². The SMILES string of the molecule is CO[C@H](C)c1noc(CN2CCC[C@H]2c2nc3c([nH]2)CCCC3)n1. The second-order valence-corrected chi connectivity index (χ2v) is 6.81. The summed E-state index contributed by atoms with van der Waals surface area (Å²) in [5.41, 5.74) is 2.62. The summed E-state index contributed by atoms with van der Waals surface area (Å²) in [5, 5.41) is 4.02. The Morgan fingerprint density at radius 3 is 3.00 bits per heavy atom. The van der Waals surface area contributed by atoms with Crippen LogP contribution in [-0.4, -0.2) is 38.7 Å². The molecule has 1 fully saturated rings. The Hall–Kier alpha value is -1.73. The fourth-order valence-electron chi connectivity index (χ4n) is 3.73. The number of nitrogens with zero attached hydrogens (tertiary/aromatic N) is 4. The van der Waals surface area contributed by atoms with Crippen molar-refractivity contribution in [2.24, 2.45) is 0 Å². The number of hydrogen-bond donors (Lipinski definition) is 1. The van der Waals surface area contributed by atoms with E-state index in [0.29, 0.717) is 24.3 Å². The van der Waals surface area contributed by atoms with Crippen LogP contribution in [0.4, 0.5) is 0 Å². The summed E-state index contributed by atoms with van der Waals surface area (Å²) in [6.45, 7) is 3.62. The van der Waals surface area contributed by atoms with Gasteiger partial charge in [-0.2, -0.15) is 4.98 Å². The van der Waals surface area contributed by atoms with Gasteiger partial charge in [-0.25, -0.2) is 4.98 Å². The van der Waals surface area contributed by atoms with Crippen LogP contribution in [0.25, 0.3) is 0 Å². The minimum atomic E-state index is -0.145. The molecule has 2 aliphatic rings. The molecule has 0 bridgehead atoms. The minimum absolute atomic E-state index is 0.145. The molecule has 2 atom stereocenters. The van der Waals surface area contributed by atoms with Crippen LogP contribution in [0.1, 0.15) is 73.7 Å². The molecular formula is C17H25N5O2. The van der Waals surface area contributed by atoms with Crippen LogP contribution in [0, 0.1) is 0 Å². The molecule has 130 valence electrons. The highest BCUT2D eigenvalue weighted by Crippen LogP contribution is 2.33. The van der Waals surface area contributed by atoms with Gasteiger partial charge in [0.15, 0.2) is 5.82 Å². The Balaban J connectivity index is 1.48.